The normalized spacial score (nSPS) is 10.6. The van der Waals surface area contributed by atoms with Crippen molar-refractivity contribution in [1.29, 1.82) is 0 Å². The van der Waals surface area contributed by atoms with Crippen molar-refractivity contribution in [3.05, 3.63) is 182 Å². The Balaban J connectivity index is 0.000000168. The zero-order chi connectivity index (χ0) is 42.1. The molecule has 0 bridgehead atoms. The van der Waals surface area contributed by atoms with E-state index < -0.39 is 11.8 Å². The zero-order valence-corrected chi connectivity index (χ0v) is 35.2. The number of hydrogen-bond acceptors (Lipinski definition) is 8. The summed E-state index contributed by atoms with van der Waals surface area (Å²) in [6.45, 7) is 5.05. The number of fused-ring (bicyclic) bond motifs is 2. The molecule has 59 heavy (non-hydrogen) atoms. The molecule has 4 aromatic heterocycles. The van der Waals surface area contributed by atoms with E-state index in [-0.39, 0.29) is 11.4 Å². The Hall–Kier alpha value is -6.24. The van der Waals surface area contributed by atoms with Crippen molar-refractivity contribution in [1.82, 2.24) is 19.9 Å². The molecule has 13 heteroatoms. The average molecular weight is 887 g/mol. The van der Waals surface area contributed by atoms with Gasteiger partial charge >= 0.3 is 0 Å². The number of hydrogen-bond donors (Lipinski definition) is 4. The number of amides is 2. The number of nitrogens with two attached hydrogens (primary N) is 3. The lowest BCUT2D eigenvalue weighted by Gasteiger charge is -2.15. The molecule has 8 rings (SSSR count). The number of nitrogens with one attached hydrogen (secondary N) is 1. The summed E-state index contributed by atoms with van der Waals surface area (Å²) in [5, 5.41) is 6.85. The first-order valence-electron chi connectivity index (χ1n) is 18.3. The minimum atomic E-state index is -0.562. The topological polar surface area (TPSA) is 176 Å². The van der Waals surface area contributed by atoms with Gasteiger partial charge in [0.05, 0.1) is 22.4 Å². The van der Waals surface area contributed by atoms with Gasteiger partial charge in [0.2, 0.25) is 0 Å². The minimum absolute atomic E-state index is 0.216. The molecule has 8 aromatic rings. The maximum Gasteiger partial charge on any atom is 0.267 e. The van der Waals surface area contributed by atoms with Crippen molar-refractivity contribution in [2.24, 2.45) is 17.2 Å². The molecule has 0 spiro atoms. The largest absolute Gasteiger partial charge is 0.381 e. The Kier molecular flexibility index (Phi) is 14.0. The first-order valence-corrected chi connectivity index (χ1v) is 19.9. The van der Waals surface area contributed by atoms with Gasteiger partial charge in [-0.25, -0.2) is 9.97 Å². The van der Waals surface area contributed by atoms with Gasteiger partial charge in [0.15, 0.2) is 0 Å². The first kappa shape index (κ1) is 42.4. The summed E-state index contributed by atoms with van der Waals surface area (Å²) in [5.41, 5.74) is 27.1. The van der Waals surface area contributed by atoms with Crippen LogP contribution in [0.1, 0.15) is 43.2 Å². The molecule has 0 saturated heterocycles. The molecular formula is C46H39BrCl2N8O2. The smallest absolute Gasteiger partial charge is 0.267 e. The van der Waals surface area contributed by atoms with Gasteiger partial charge in [0.1, 0.15) is 11.4 Å². The van der Waals surface area contributed by atoms with E-state index in [4.69, 9.17) is 50.4 Å². The summed E-state index contributed by atoms with van der Waals surface area (Å²) in [7, 11) is 0. The Morgan fingerprint density at radius 1 is 0.627 bits per heavy atom. The van der Waals surface area contributed by atoms with Crippen LogP contribution in [0.4, 0.5) is 5.69 Å². The maximum atomic E-state index is 11.4. The highest BCUT2D eigenvalue weighted by Gasteiger charge is 2.15. The summed E-state index contributed by atoms with van der Waals surface area (Å²) >= 11 is 16.0. The standard InChI is InChI=1S/C23H19ClN4O.C17H15ClN2.C6H5BrN2O/c1-14-5-4-6-15-11-16(13-27-17-9-10-26-20(12-17)23(25)29)22(28-21(14)15)18-7-2-3-8-19(18)24;1-11-5-4-6-12-9-13(10-19)17(20-16(11)12)14-7-2-3-8-15(14)18;7-4-1-2-9-5(3-4)6(8)10/h2-12H,13H2,1H3,(H2,25,29)(H,26,27);2-9H,10,19H2,1H3;1-3H,(H2,8,10). The predicted molar refractivity (Wildman–Crippen MR) is 242 cm³/mol. The fourth-order valence-electron chi connectivity index (χ4n) is 6.26. The molecule has 4 aromatic carbocycles. The highest BCUT2D eigenvalue weighted by atomic mass is 79.9. The number of benzene rings is 4. The molecule has 0 unspecified atom stereocenters. The van der Waals surface area contributed by atoms with Crippen LogP contribution in [0.2, 0.25) is 10.0 Å². The van der Waals surface area contributed by atoms with E-state index in [9.17, 15) is 9.59 Å². The fourth-order valence-corrected chi connectivity index (χ4v) is 7.04. The van der Waals surface area contributed by atoms with E-state index in [1.807, 2.05) is 79.7 Å². The average Bonchev–Trinajstić information content (AvgIpc) is 3.23. The summed E-state index contributed by atoms with van der Waals surface area (Å²) in [4.78, 5) is 39.4. The molecular weight excluding hydrogens is 847 g/mol. The molecule has 7 N–H and O–H groups in total. The number of carbonyl (C=O) groups excluding carboxylic acids is 2. The van der Waals surface area contributed by atoms with Crippen LogP contribution in [0.5, 0.6) is 0 Å². The lowest BCUT2D eigenvalue weighted by Crippen LogP contribution is -2.13. The van der Waals surface area contributed by atoms with Gasteiger partial charge in [0.25, 0.3) is 11.8 Å². The van der Waals surface area contributed by atoms with E-state index in [0.29, 0.717) is 23.1 Å². The van der Waals surface area contributed by atoms with Gasteiger partial charge in [-0.05, 0) is 84.6 Å². The monoisotopic (exact) mass is 884 g/mol. The van der Waals surface area contributed by atoms with Crippen molar-refractivity contribution in [3.63, 3.8) is 0 Å². The number of carbonyl (C=O) groups is 2. The van der Waals surface area contributed by atoms with Crippen molar-refractivity contribution in [3.8, 4) is 22.5 Å². The third-order valence-electron chi connectivity index (χ3n) is 9.20. The molecule has 2 amide bonds. The van der Waals surface area contributed by atoms with Crippen LogP contribution < -0.4 is 22.5 Å². The van der Waals surface area contributed by atoms with Crippen LogP contribution in [-0.4, -0.2) is 31.8 Å². The first-order chi connectivity index (χ1) is 28.4. The zero-order valence-electron chi connectivity index (χ0n) is 32.1. The van der Waals surface area contributed by atoms with Crippen molar-refractivity contribution >= 4 is 78.4 Å². The Morgan fingerprint density at radius 2 is 1.12 bits per heavy atom. The van der Waals surface area contributed by atoms with Gasteiger partial charge in [-0.3, -0.25) is 19.6 Å². The van der Waals surface area contributed by atoms with Crippen LogP contribution >= 0.6 is 39.1 Å². The van der Waals surface area contributed by atoms with Crippen LogP contribution in [0.25, 0.3) is 44.3 Å². The Morgan fingerprint density at radius 3 is 1.61 bits per heavy atom. The molecule has 10 nitrogen and oxygen atoms in total. The SMILES string of the molecule is Cc1cccc2cc(CN)c(-c3ccccc3Cl)nc12.Cc1cccc2cc(CNc3ccnc(C(N)=O)c3)c(-c3ccccc3Cl)nc12.NC(=O)c1cc(Br)ccn1. The summed E-state index contributed by atoms with van der Waals surface area (Å²) in [6, 6.07) is 38.6. The second-order valence-electron chi connectivity index (χ2n) is 13.3. The van der Waals surface area contributed by atoms with Gasteiger partial charge in [-0.2, -0.15) is 0 Å². The van der Waals surface area contributed by atoms with Gasteiger partial charge < -0.3 is 22.5 Å². The Bertz CT molecular complexity index is 2820. The number of anilines is 1. The van der Waals surface area contributed by atoms with Crippen molar-refractivity contribution < 1.29 is 9.59 Å². The molecule has 0 aliphatic rings. The number of aromatic nitrogens is 4. The second kappa shape index (κ2) is 19.5. The molecule has 0 fully saturated rings. The second-order valence-corrected chi connectivity index (χ2v) is 15.1. The predicted octanol–water partition coefficient (Wildman–Crippen LogP) is 10.2. The van der Waals surface area contributed by atoms with Crippen molar-refractivity contribution in [2.75, 3.05) is 5.32 Å². The number of primary amides is 2. The van der Waals surface area contributed by atoms with Crippen molar-refractivity contribution in [2.45, 2.75) is 26.9 Å². The summed E-state index contributed by atoms with van der Waals surface area (Å²) < 4.78 is 0.802. The van der Waals surface area contributed by atoms with Crippen LogP contribution in [0.3, 0.4) is 0 Å². The lowest BCUT2D eigenvalue weighted by molar-refractivity contribution is 0.0987. The third-order valence-corrected chi connectivity index (χ3v) is 10.4. The van der Waals surface area contributed by atoms with Gasteiger partial charge in [-0.15, -0.1) is 0 Å². The number of aryl methyl sites for hydroxylation is 2. The number of nitrogens with zero attached hydrogens (tertiary/aromatic N) is 4. The van der Waals surface area contributed by atoms with E-state index in [1.54, 1.807) is 30.5 Å². The number of halogens is 3. The van der Waals surface area contributed by atoms with Gasteiger partial charge in [0, 0.05) is 67.6 Å². The van der Waals surface area contributed by atoms with Crippen LogP contribution in [0.15, 0.2) is 138 Å². The molecule has 0 aliphatic heterocycles. The number of pyridine rings is 4. The molecule has 296 valence electrons. The molecule has 4 heterocycles. The molecule has 0 radical (unpaired) electrons. The highest BCUT2D eigenvalue weighted by molar-refractivity contribution is 9.10. The van der Waals surface area contributed by atoms with E-state index >= 15 is 0 Å². The fraction of sp³-hybridized carbons (Fsp3) is 0.0870. The van der Waals surface area contributed by atoms with Gasteiger partial charge in [-0.1, -0.05) is 112 Å². The van der Waals surface area contributed by atoms with E-state index in [2.05, 4.69) is 62.4 Å². The summed E-state index contributed by atoms with van der Waals surface area (Å²) in [5.74, 6) is -1.07. The Labute approximate surface area is 360 Å². The lowest BCUT2D eigenvalue weighted by atomic mass is 10.0. The quantitative estimate of drug-likeness (QED) is 0.117. The number of rotatable bonds is 8. The molecule has 0 saturated carbocycles. The minimum Gasteiger partial charge on any atom is -0.381 e. The summed E-state index contributed by atoms with van der Waals surface area (Å²) in [6.07, 6.45) is 3.07. The third kappa shape index (κ3) is 10.4. The molecule has 0 aliphatic carbocycles. The van der Waals surface area contributed by atoms with E-state index in [1.165, 1.54) is 6.20 Å². The number of para-hydroxylation sites is 2. The van der Waals surface area contributed by atoms with Crippen LogP contribution in [0, 0.1) is 13.8 Å². The maximum absolute atomic E-state index is 11.4. The van der Waals surface area contributed by atoms with Crippen LogP contribution in [-0.2, 0) is 13.1 Å². The van der Waals surface area contributed by atoms with E-state index in [0.717, 1.165) is 76.7 Å². The molecule has 0 atom stereocenters. The highest BCUT2D eigenvalue weighted by Crippen LogP contribution is 2.33.